The van der Waals surface area contributed by atoms with E-state index in [0.717, 1.165) is 0 Å². The molecule has 8 nitrogen and oxygen atoms in total. The van der Waals surface area contributed by atoms with Crippen molar-refractivity contribution in [2.75, 3.05) is 25.1 Å². The average Bonchev–Trinajstić information content (AvgIpc) is 3.24. The highest BCUT2D eigenvalue weighted by Crippen LogP contribution is 2.31. The molecular formula is C21H19N3O5. The van der Waals surface area contributed by atoms with Crippen LogP contribution in [0.25, 0.3) is 5.69 Å². The molecule has 8 heteroatoms. The molecule has 0 spiro atoms. The third-order valence-corrected chi connectivity index (χ3v) is 4.25. The van der Waals surface area contributed by atoms with Crippen molar-refractivity contribution in [1.82, 2.24) is 9.78 Å². The van der Waals surface area contributed by atoms with E-state index in [1.807, 2.05) is 6.07 Å². The number of carbonyl (C=O) groups excluding carboxylic acids is 2. The lowest BCUT2D eigenvalue weighted by atomic mass is 10.1. The van der Waals surface area contributed by atoms with Gasteiger partial charge in [0.15, 0.2) is 17.2 Å². The van der Waals surface area contributed by atoms with Gasteiger partial charge in [-0.15, -0.1) is 0 Å². The molecule has 1 aliphatic rings. The first-order chi connectivity index (χ1) is 14.1. The molecule has 0 radical (unpaired) electrons. The largest absolute Gasteiger partial charge is 0.486 e. The summed E-state index contributed by atoms with van der Waals surface area (Å²) in [5, 5.41) is 7.08. The van der Waals surface area contributed by atoms with E-state index >= 15 is 0 Å². The molecule has 1 amide bonds. The van der Waals surface area contributed by atoms with Crippen molar-refractivity contribution in [3.63, 3.8) is 0 Å². The number of fused-ring (bicyclic) bond motifs is 1. The monoisotopic (exact) mass is 393 g/mol. The summed E-state index contributed by atoms with van der Waals surface area (Å²) >= 11 is 0. The second-order valence-corrected chi connectivity index (χ2v) is 6.23. The number of nitrogens with zero attached hydrogens (tertiary/aromatic N) is 2. The van der Waals surface area contributed by atoms with E-state index in [0.29, 0.717) is 41.7 Å². The number of hydrogen-bond acceptors (Lipinski definition) is 6. The normalized spacial score (nSPS) is 12.3. The van der Waals surface area contributed by atoms with Crippen LogP contribution >= 0.6 is 0 Å². The number of amides is 1. The maximum atomic E-state index is 12.6. The lowest BCUT2D eigenvalue weighted by molar-refractivity contribution is 0.0519. The molecule has 0 saturated carbocycles. The molecule has 148 valence electrons. The average molecular weight is 393 g/mol. The van der Waals surface area contributed by atoms with E-state index in [4.69, 9.17) is 14.2 Å². The van der Waals surface area contributed by atoms with Crippen molar-refractivity contribution >= 4 is 17.6 Å². The van der Waals surface area contributed by atoms with Gasteiger partial charge in [-0.25, -0.2) is 9.48 Å². The van der Waals surface area contributed by atoms with Crippen LogP contribution < -0.4 is 14.8 Å². The molecule has 0 atom stereocenters. The van der Waals surface area contributed by atoms with Gasteiger partial charge >= 0.3 is 5.97 Å². The molecule has 0 bridgehead atoms. The fraction of sp³-hybridized carbons (Fsp3) is 0.190. The number of benzene rings is 2. The molecule has 1 N–H and O–H groups in total. The zero-order chi connectivity index (χ0) is 20.2. The number of hydrogen-bond donors (Lipinski definition) is 1. The summed E-state index contributed by atoms with van der Waals surface area (Å²) in [5.74, 6) is 0.438. The van der Waals surface area contributed by atoms with Crippen LogP contribution in [0.1, 0.15) is 27.8 Å². The van der Waals surface area contributed by atoms with Crippen LogP contribution in [-0.2, 0) is 4.74 Å². The van der Waals surface area contributed by atoms with Crippen molar-refractivity contribution in [3.05, 3.63) is 66.0 Å². The highest BCUT2D eigenvalue weighted by molar-refractivity contribution is 6.04. The standard InChI is InChI=1S/C21H19N3O5/c1-2-27-21(26)17-8-9-24(23-17)16-5-3-4-15(13-16)22-20(25)14-6-7-18-19(12-14)29-11-10-28-18/h3-9,12-13H,2,10-11H2,1H3,(H,22,25). The van der Waals surface area contributed by atoms with E-state index in [-0.39, 0.29) is 18.2 Å². The van der Waals surface area contributed by atoms with Crippen molar-refractivity contribution < 1.29 is 23.8 Å². The summed E-state index contributed by atoms with van der Waals surface area (Å²) in [6.45, 7) is 2.98. The Morgan fingerprint density at radius 2 is 1.93 bits per heavy atom. The Labute approximate surface area is 167 Å². The smallest absolute Gasteiger partial charge is 0.358 e. The Balaban J connectivity index is 1.50. The van der Waals surface area contributed by atoms with E-state index in [9.17, 15) is 9.59 Å². The van der Waals surface area contributed by atoms with Gasteiger partial charge in [0.1, 0.15) is 13.2 Å². The summed E-state index contributed by atoms with van der Waals surface area (Å²) < 4.78 is 17.5. The molecule has 0 aliphatic carbocycles. The molecule has 1 aliphatic heterocycles. The first-order valence-electron chi connectivity index (χ1n) is 9.18. The van der Waals surface area contributed by atoms with Gasteiger partial charge in [-0.3, -0.25) is 4.79 Å². The van der Waals surface area contributed by atoms with Gasteiger partial charge in [0.05, 0.1) is 12.3 Å². The minimum atomic E-state index is -0.477. The van der Waals surface area contributed by atoms with E-state index in [2.05, 4.69) is 10.4 Å². The van der Waals surface area contributed by atoms with Crippen LogP contribution in [-0.4, -0.2) is 41.5 Å². The quantitative estimate of drug-likeness (QED) is 0.670. The number of carbonyl (C=O) groups is 2. The van der Waals surface area contributed by atoms with Crippen LogP contribution in [0.15, 0.2) is 54.7 Å². The Morgan fingerprint density at radius 1 is 1.10 bits per heavy atom. The molecule has 29 heavy (non-hydrogen) atoms. The topological polar surface area (TPSA) is 91.7 Å². The summed E-state index contributed by atoms with van der Waals surface area (Å²) in [6.07, 6.45) is 1.66. The minimum absolute atomic E-state index is 0.220. The zero-order valence-corrected chi connectivity index (χ0v) is 15.8. The van der Waals surface area contributed by atoms with Gasteiger partial charge in [0.25, 0.3) is 5.91 Å². The van der Waals surface area contributed by atoms with Crippen molar-refractivity contribution in [3.8, 4) is 17.2 Å². The van der Waals surface area contributed by atoms with Gasteiger partial charge in [-0.05, 0) is 49.4 Å². The Hall–Kier alpha value is -3.81. The van der Waals surface area contributed by atoms with Gasteiger partial charge < -0.3 is 19.5 Å². The summed E-state index contributed by atoms with van der Waals surface area (Å²) in [5.41, 5.74) is 1.97. The maximum absolute atomic E-state index is 12.6. The molecule has 0 fully saturated rings. The number of anilines is 1. The first kappa shape index (κ1) is 18.5. The van der Waals surface area contributed by atoms with Gasteiger partial charge in [0.2, 0.25) is 0 Å². The van der Waals surface area contributed by atoms with Crippen LogP contribution in [0.4, 0.5) is 5.69 Å². The second-order valence-electron chi connectivity index (χ2n) is 6.23. The Kier molecular flexibility index (Phi) is 5.15. The van der Waals surface area contributed by atoms with Crippen LogP contribution in [0, 0.1) is 0 Å². The SMILES string of the molecule is CCOC(=O)c1ccn(-c2cccc(NC(=O)c3ccc4c(c3)OCCO4)c2)n1. The molecule has 0 unspecified atom stereocenters. The fourth-order valence-corrected chi connectivity index (χ4v) is 2.90. The van der Waals surface area contributed by atoms with E-state index in [1.54, 1.807) is 60.3 Å². The molecule has 4 rings (SSSR count). The predicted molar refractivity (Wildman–Crippen MR) is 105 cm³/mol. The summed E-state index contributed by atoms with van der Waals surface area (Å²) in [7, 11) is 0. The lowest BCUT2D eigenvalue weighted by Gasteiger charge is -2.18. The van der Waals surface area contributed by atoms with Crippen molar-refractivity contribution in [2.45, 2.75) is 6.92 Å². The molecular weight excluding hydrogens is 374 g/mol. The third kappa shape index (κ3) is 4.06. The molecule has 2 heterocycles. The number of ether oxygens (including phenoxy) is 3. The van der Waals surface area contributed by atoms with Crippen LogP contribution in [0.3, 0.4) is 0 Å². The second kappa shape index (κ2) is 8.05. The van der Waals surface area contributed by atoms with Crippen LogP contribution in [0.2, 0.25) is 0 Å². The first-order valence-corrected chi connectivity index (χ1v) is 9.18. The Bertz CT molecular complexity index is 1060. The molecule has 2 aromatic carbocycles. The highest BCUT2D eigenvalue weighted by Gasteiger charge is 2.16. The molecule has 1 aromatic heterocycles. The van der Waals surface area contributed by atoms with Gasteiger partial charge in [0, 0.05) is 17.4 Å². The number of nitrogens with one attached hydrogen (secondary N) is 1. The van der Waals surface area contributed by atoms with Crippen molar-refractivity contribution in [1.29, 1.82) is 0 Å². The summed E-state index contributed by atoms with van der Waals surface area (Å²) in [4.78, 5) is 24.4. The van der Waals surface area contributed by atoms with E-state index in [1.165, 1.54) is 0 Å². The fourth-order valence-electron chi connectivity index (χ4n) is 2.90. The van der Waals surface area contributed by atoms with Crippen LogP contribution in [0.5, 0.6) is 11.5 Å². The third-order valence-electron chi connectivity index (χ3n) is 4.25. The number of esters is 1. The summed E-state index contributed by atoms with van der Waals surface area (Å²) in [6, 6.07) is 13.8. The maximum Gasteiger partial charge on any atom is 0.358 e. The molecule has 0 saturated heterocycles. The minimum Gasteiger partial charge on any atom is -0.486 e. The highest BCUT2D eigenvalue weighted by atomic mass is 16.6. The lowest BCUT2D eigenvalue weighted by Crippen LogP contribution is -2.17. The zero-order valence-electron chi connectivity index (χ0n) is 15.8. The van der Waals surface area contributed by atoms with E-state index < -0.39 is 5.97 Å². The van der Waals surface area contributed by atoms with Crippen molar-refractivity contribution in [2.24, 2.45) is 0 Å². The van der Waals surface area contributed by atoms with Gasteiger partial charge in [-0.2, -0.15) is 5.10 Å². The Morgan fingerprint density at radius 3 is 2.76 bits per heavy atom. The van der Waals surface area contributed by atoms with Gasteiger partial charge in [-0.1, -0.05) is 6.07 Å². The molecule has 3 aromatic rings. The number of rotatable bonds is 5. The predicted octanol–water partition coefficient (Wildman–Crippen LogP) is 3.07. The number of aromatic nitrogens is 2.